The van der Waals surface area contributed by atoms with Gasteiger partial charge in [-0.3, -0.25) is 4.79 Å². The summed E-state index contributed by atoms with van der Waals surface area (Å²) in [6.07, 6.45) is 2.49. The van der Waals surface area contributed by atoms with E-state index in [1.807, 2.05) is 0 Å². The average molecular weight is 289 g/mol. The number of piperidine rings is 1. The monoisotopic (exact) mass is 289 g/mol. The van der Waals surface area contributed by atoms with Crippen LogP contribution in [0.2, 0.25) is 0 Å². The van der Waals surface area contributed by atoms with Crippen LogP contribution in [0.4, 0.5) is 0 Å². The van der Waals surface area contributed by atoms with Gasteiger partial charge in [-0.25, -0.2) is 0 Å². The Morgan fingerprint density at radius 1 is 1.25 bits per heavy atom. The highest BCUT2D eigenvalue weighted by molar-refractivity contribution is 5.73. The van der Waals surface area contributed by atoms with Crippen molar-refractivity contribution in [2.75, 3.05) is 48.1 Å². The van der Waals surface area contributed by atoms with Gasteiger partial charge < -0.3 is 23.8 Å². The van der Waals surface area contributed by atoms with Crippen LogP contribution in [0, 0.1) is 5.92 Å². The Morgan fingerprint density at radius 2 is 1.95 bits per heavy atom. The van der Waals surface area contributed by atoms with Gasteiger partial charge in [0.1, 0.15) is 0 Å². The van der Waals surface area contributed by atoms with Crippen LogP contribution in [0.15, 0.2) is 0 Å². The summed E-state index contributed by atoms with van der Waals surface area (Å²) >= 11 is 0. The minimum absolute atomic E-state index is 0.0376. The highest BCUT2D eigenvalue weighted by atomic mass is 16.7. The summed E-state index contributed by atoms with van der Waals surface area (Å²) in [5, 5.41) is 0. The van der Waals surface area contributed by atoms with Crippen LogP contribution in [-0.4, -0.2) is 71.3 Å². The molecule has 0 aromatic heterocycles. The Labute approximate surface area is 121 Å². The fraction of sp³-hybridized carbons (Fsp3) is 0.929. The molecule has 0 aromatic rings. The van der Waals surface area contributed by atoms with E-state index in [9.17, 15) is 4.79 Å². The van der Waals surface area contributed by atoms with Crippen molar-refractivity contribution in [1.29, 1.82) is 0 Å². The number of hydrogen-bond donors (Lipinski definition) is 0. The lowest BCUT2D eigenvalue weighted by atomic mass is 9.94. The van der Waals surface area contributed by atoms with Crippen molar-refractivity contribution in [1.82, 2.24) is 4.90 Å². The Kier molecular flexibility index (Phi) is 8.06. The van der Waals surface area contributed by atoms with E-state index in [4.69, 9.17) is 18.9 Å². The van der Waals surface area contributed by atoms with Gasteiger partial charge in [-0.05, 0) is 25.8 Å². The Bertz CT molecular complexity index is 283. The predicted molar refractivity (Wildman–Crippen MR) is 74.4 cm³/mol. The molecule has 0 bridgehead atoms. The van der Waals surface area contributed by atoms with Gasteiger partial charge in [-0.2, -0.15) is 0 Å². The number of carbonyl (C=O) groups is 1. The van der Waals surface area contributed by atoms with Gasteiger partial charge in [0.25, 0.3) is 0 Å². The maximum Gasteiger partial charge on any atom is 0.312 e. The molecule has 0 unspecified atom stereocenters. The molecule has 1 fully saturated rings. The van der Waals surface area contributed by atoms with E-state index in [-0.39, 0.29) is 24.3 Å². The summed E-state index contributed by atoms with van der Waals surface area (Å²) in [6, 6.07) is 0. The molecule has 0 aliphatic carbocycles. The molecule has 2 atom stereocenters. The summed E-state index contributed by atoms with van der Waals surface area (Å²) < 4.78 is 20.6. The second-order valence-corrected chi connectivity index (χ2v) is 5.04. The van der Waals surface area contributed by atoms with Gasteiger partial charge in [-0.1, -0.05) is 0 Å². The zero-order valence-corrected chi connectivity index (χ0v) is 13.0. The first kappa shape index (κ1) is 17.4. The van der Waals surface area contributed by atoms with Crippen molar-refractivity contribution >= 4 is 5.97 Å². The van der Waals surface area contributed by atoms with E-state index in [1.165, 1.54) is 7.11 Å². The first-order valence-corrected chi connectivity index (χ1v) is 7.04. The average Bonchev–Trinajstić information content (AvgIpc) is 2.50. The van der Waals surface area contributed by atoms with Crippen LogP contribution in [0.5, 0.6) is 0 Å². The lowest BCUT2D eigenvalue weighted by Gasteiger charge is -2.36. The Balaban J connectivity index is 2.39. The number of likely N-dealkylation sites (tertiary alicyclic amines) is 1. The molecule has 1 saturated heterocycles. The number of carbonyl (C=O) groups excluding carboxylic acids is 1. The second-order valence-electron chi connectivity index (χ2n) is 5.04. The number of methoxy groups -OCH3 is 4. The number of hydrogen-bond acceptors (Lipinski definition) is 6. The molecule has 0 radical (unpaired) electrons. The molecular weight excluding hydrogens is 262 g/mol. The molecule has 118 valence electrons. The number of nitrogens with zero attached hydrogens (tertiary/aromatic N) is 1. The van der Waals surface area contributed by atoms with E-state index in [2.05, 4.69) is 4.90 Å². The quantitative estimate of drug-likeness (QED) is 0.489. The van der Waals surface area contributed by atoms with Gasteiger partial charge in [-0.15, -0.1) is 0 Å². The zero-order chi connectivity index (χ0) is 15.0. The van der Waals surface area contributed by atoms with Crippen LogP contribution in [0.25, 0.3) is 0 Å². The first-order chi connectivity index (χ1) is 9.65. The van der Waals surface area contributed by atoms with E-state index in [0.717, 1.165) is 32.4 Å². The van der Waals surface area contributed by atoms with Crippen LogP contribution in [-0.2, 0) is 23.7 Å². The van der Waals surface area contributed by atoms with Gasteiger partial charge in [0.2, 0.25) is 0 Å². The highest BCUT2D eigenvalue weighted by Crippen LogP contribution is 2.21. The molecule has 0 spiro atoms. The Morgan fingerprint density at radius 3 is 2.50 bits per heavy atom. The molecule has 0 N–H and O–H groups in total. The first-order valence-electron chi connectivity index (χ1n) is 7.04. The minimum atomic E-state index is -0.195. The van der Waals surface area contributed by atoms with Crippen molar-refractivity contribution in [3.63, 3.8) is 0 Å². The summed E-state index contributed by atoms with van der Waals surface area (Å²) in [6.45, 7) is 2.56. The predicted octanol–water partition coefficient (Wildman–Crippen LogP) is 0.895. The van der Waals surface area contributed by atoms with E-state index < -0.39 is 0 Å². The third-order valence-corrected chi connectivity index (χ3v) is 3.88. The molecule has 20 heavy (non-hydrogen) atoms. The van der Waals surface area contributed by atoms with Crippen molar-refractivity contribution < 1.29 is 23.7 Å². The summed E-state index contributed by atoms with van der Waals surface area (Å²) in [7, 11) is 6.37. The molecular formula is C14H27NO5. The lowest BCUT2D eigenvalue weighted by Crippen LogP contribution is -2.47. The van der Waals surface area contributed by atoms with Crippen LogP contribution < -0.4 is 0 Å². The normalized spacial score (nSPS) is 24.1. The van der Waals surface area contributed by atoms with E-state index in [0.29, 0.717) is 6.54 Å². The number of rotatable bonds is 8. The van der Waals surface area contributed by atoms with Gasteiger partial charge in [0.15, 0.2) is 6.29 Å². The SMILES string of the molecule is COC(=O)[C@@H]1CN(CCCC(OC)OC)CC[C@@H]1OC. The topological polar surface area (TPSA) is 57.2 Å². The van der Waals surface area contributed by atoms with Crippen molar-refractivity contribution in [2.24, 2.45) is 5.92 Å². The fourth-order valence-electron chi connectivity index (χ4n) is 2.67. The van der Waals surface area contributed by atoms with Crippen molar-refractivity contribution in [2.45, 2.75) is 31.7 Å². The molecule has 6 nitrogen and oxygen atoms in total. The van der Waals surface area contributed by atoms with E-state index >= 15 is 0 Å². The maximum absolute atomic E-state index is 11.8. The van der Waals surface area contributed by atoms with Gasteiger partial charge >= 0.3 is 5.97 Å². The van der Waals surface area contributed by atoms with Gasteiger partial charge in [0.05, 0.1) is 19.1 Å². The molecule has 1 heterocycles. The third-order valence-electron chi connectivity index (χ3n) is 3.88. The third kappa shape index (κ3) is 5.01. The molecule has 1 aliphatic rings. The van der Waals surface area contributed by atoms with Crippen LogP contribution >= 0.6 is 0 Å². The zero-order valence-electron chi connectivity index (χ0n) is 13.0. The minimum Gasteiger partial charge on any atom is -0.469 e. The fourth-order valence-corrected chi connectivity index (χ4v) is 2.67. The molecule has 0 saturated carbocycles. The largest absolute Gasteiger partial charge is 0.469 e. The maximum atomic E-state index is 11.8. The second kappa shape index (κ2) is 9.28. The van der Waals surface area contributed by atoms with Crippen LogP contribution in [0.1, 0.15) is 19.3 Å². The van der Waals surface area contributed by atoms with E-state index in [1.54, 1.807) is 21.3 Å². The summed E-state index contributed by atoms with van der Waals surface area (Å²) in [5.41, 5.74) is 0. The molecule has 0 aromatic carbocycles. The van der Waals surface area contributed by atoms with Gasteiger partial charge in [0, 0.05) is 34.4 Å². The molecule has 1 aliphatic heterocycles. The highest BCUT2D eigenvalue weighted by Gasteiger charge is 2.35. The van der Waals surface area contributed by atoms with Crippen molar-refractivity contribution in [3.05, 3.63) is 0 Å². The Hall–Kier alpha value is -0.690. The standard InChI is InChI=1S/C14H27NO5/c1-17-12-7-9-15(10-11(12)14(16)20-4)8-5-6-13(18-2)19-3/h11-13H,5-10H2,1-4H3/t11-,12+/m1/s1. The molecule has 1 rings (SSSR count). The summed E-state index contributed by atoms with van der Waals surface area (Å²) in [4.78, 5) is 14.1. The van der Waals surface area contributed by atoms with Crippen LogP contribution in [0.3, 0.4) is 0 Å². The smallest absolute Gasteiger partial charge is 0.312 e. The number of esters is 1. The molecule has 0 amide bonds. The lowest BCUT2D eigenvalue weighted by molar-refractivity contribution is -0.154. The molecule has 6 heteroatoms. The number of ether oxygens (including phenoxy) is 4. The van der Waals surface area contributed by atoms with Crippen molar-refractivity contribution in [3.8, 4) is 0 Å². The summed E-state index contributed by atoms with van der Waals surface area (Å²) in [5.74, 6) is -0.382.